The van der Waals surface area contributed by atoms with Gasteiger partial charge in [0.2, 0.25) is 0 Å². The van der Waals surface area contributed by atoms with Crippen LogP contribution in [0.5, 0.6) is 17.2 Å². The molecule has 0 aromatic heterocycles. The molecule has 0 radical (unpaired) electrons. The van der Waals surface area contributed by atoms with Crippen LogP contribution in [0.1, 0.15) is 44.2 Å². The highest BCUT2D eigenvalue weighted by Gasteiger charge is 2.27. The number of carbonyl (C=O) groups excluding carboxylic acids is 3. The van der Waals surface area contributed by atoms with Crippen molar-refractivity contribution in [1.82, 2.24) is 10.6 Å². The van der Waals surface area contributed by atoms with E-state index in [0.717, 1.165) is 12.2 Å². The van der Waals surface area contributed by atoms with Crippen molar-refractivity contribution >= 4 is 23.9 Å². The number of hydrogen-bond acceptors (Lipinski definition) is 6. The minimum absolute atomic E-state index is 0.168. The molecule has 0 bridgehead atoms. The van der Waals surface area contributed by atoms with Gasteiger partial charge in [-0.15, -0.1) is 0 Å². The van der Waals surface area contributed by atoms with Gasteiger partial charge in [0.05, 0.1) is 6.61 Å². The number of hydrogen-bond donors (Lipinski definition) is 2. The van der Waals surface area contributed by atoms with E-state index in [1.54, 1.807) is 18.2 Å². The normalized spacial score (nSPS) is 14.3. The monoisotopic (exact) mass is 452 g/mol. The highest BCUT2D eigenvalue weighted by Crippen LogP contribution is 2.30. The van der Waals surface area contributed by atoms with Gasteiger partial charge in [0.1, 0.15) is 24.5 Å². The molecule has 1 aliphatic heterocycles. The van der Waals surface area contributed by atoms with Crippen molar-refractivity contribution in [3.63, 3.8) is 0 Å². The van der Waals surface area contributed by atoms with Gasteiger partial charge in [0.15, 0.2) is 11.5 Å². The quantitative estimate of drug-likeness (QED) is 0.323. The van der Waals surface area contributed by atoms with Crippen LogP contribution in [-0.4, -0.2) is 37.7 Å². The van der Waals surface area contributed by atoms with E-state index >= 15 is 0 Å². The Balaban J connectivity index is 1.61. The highest BCUT2D eigenvalue weighted by molar-refractivity contribution is 6.31. The summed E-state index contributed by atoms with van der Waals surface area (Å²) in [5.41, 5.74) is 1.67. The second kappa shape index (κ2) is 11.2. The van der Waals surface area contributed by atoms with E-state index < -0.39 is 17.8 Å². The summed E-state index contributed by atoms with van der Waals surface area (Å²) in [4.78, 5) is 35.0. The topological polar surface area (TPSA) is 103 Å². The van der Waals surface area contributed by atoms with Gasteiger partial charge >= 0.3 is 6.03 Å². The average Bonchev–Trinajstić information content (AvgIpc) is 2.80. The number of carbonyl (C=O) groups is 3. The molecule has 8 heteroatoms. The van der Waals surface area contributed by atoms with Crippen LogP contribution < -0.4 is 24.8 Å². The summed E-state index contributed by atoms with van der Waals surface area (Å²) >= 11 is 0. The third kappa shape index (κ3) is 6.35. The van der Waals surface area contributed by atoms with Crippen LogP contribution in [-0.2, 0) is 9.59 Å². The summed E-state index contributed by atoms with van der Waals surface area (Å²) in [6.07, 6.45) is 2.47. The van der Waals surface area contributed by atoms with Crippen molar-refractivity contribution in [1.29, 1.82) is 0 Å². The van der Waals surface area contributed by atoms with E-state index in [2.05, 4.69) is 26.0 Å². The van der Waals surface area contributed by atoms with Crippen molar-refractivity contribution < 1.29 is 28.6 Å². The van der Waals surface area contributed by atoms with Crippen molar-refractivity contribution in [2.75, 3.05) is 19.8 Å². The lowest BCUT2D eigenvalue weighted by Gasteiger charge is -2.15. The minimum Gasteiger partial charge on any atom is -0.490 e. The zero-order chi connectivity index (χ0) is 23.8. The molecule has 4 amide bonds. The Labute approximate surface area is 192 Å². The van der Waals surface area contributed by atoms with E-state index in [1.807, 2.05) is 29.7 Å². The molecule has 33 heavy (non-hydrogen) atoms. The lowest BCUT2D eigenvalue weighted by atomic mass is 9.99. The van der Waals surface area contributed by atoms with E-state index in [9.17, 15) is 14.4 Å². The van der Waals surface area contributed by atoms with Gasteiger partial charge in [-0.2, -0.15) is 0 Å². The van der Waals surface area contributed by atoms with Crippen LogP contribution in [0.25, 0.3) is 6.08 Å². The lowest BCUT2D eigenvalue weighted by Crippen LogP contribution is -2.51. The van der Waals surface area contributed by atoms with Crippen LogP contribution in [0.2, 0.25) is 0 Å². The predicted octanol–water partition coefficient (Wildman–Crippen LogP) is 3.81. The average molecular weight is 453 g/mol. The maximum Gasteiger partial charge on any atom is 0.328 e. The number of rotatable bonds is 10. The molecule has 3 rings (SSSR count). The van der Waals surface area contributed by atoms with Gasteiger partial charge in [-0.1, -0.05) is 32.0 Å². The van der Waals surface area contributed by atoms with Crippen LogP contribution in [0.3, 0.4) is 0 Å². The Morgan fingerprint density at radius 2 is 1.52 bits per heavy atom. The van der Waals surface area contributed by atoms with Crippen molar-refractivity contribution in [3.8, 4) is 17.2 Å². The van der Waals surface area contributed by atoms with Crippen LogP contribution in [0.4, 0.5) is 4.79 Å². The van der Waals surface area contributed by atoms with Gasteiger partial charge in [-0.25, -0.2) is 4.79 Å². The molecule has 0 aliphatic carbocycles. The third-order valence-electron chi connectivity index (χ3n) is 5.19. The summed E-state index contributed by atoms with van der Waals surface area (Å²) < 4.78 is 17.2. The maximum absolute atomic E-state index is 11.9. The Morgan fingerprint density at radius 1 is 0.848 bits per heavy atom. The molecule has 1 aliphatic rings. The summed E-state index contributed by atoms with van der Waals surface area (Å²) in [6, 6.07) is 12.3. The Hall–Kier alpha value is -3.81. The van der Waals surface area contributed by atoms with Gasteiger partial charge in [-0.3, -0.25) is 20.2 Å². The largest absolute Gasteiger partial charge is 0.490 e. The van der Waals surface area contributed by atoms with Crippen molar-refractivity contribution in [3.05, 3.63) is 59.2 Å². The highest BCUT2D eigenvalue weighted by atomic mass is 16.5. The molecule has 1 saturated heterocycles. The number of imide groups is 2. The molecule has 1 fully saturated rings. The van der Waals surface area contributed by atoms with Crippen LogP contribution in [0.15, 0.2) is 48.0 Å². The maximum atomic E-state index is 11.9. The zero-order valence-electron chi connectivity index (χ0n) is 19.0. The molecule has 2 aromatic rings. The van der Waals surface area contributed by atoms with E-state index in [-0.39, 0.29) is 5.57 Å². The number of ether oxygens (including phenoxy) is 3. The first kappa shape index (κ1) is 23.8. The Bertz CT molecular complexity index is 1020. The lowest BCUT2D eigenvalue weighted by molar-refractivity contribution is -0.123. The van der Waals surface area contributed by atoms with E-state index in [1.165, 1.54) is 11.6 Å². The third-order valence-corrected chi connectivity index (χ3v) is 5.19. The zero-order valence-corrected chi connectivity index (χ0v) is 19.0. The summed E-state index contributed by atoms with van der Waals surface area (Å²) in [5, 5.41) is 4.08. The number of nitrogens with one attached hydrogen (secondary N) is 2. The SMILES string of the molecule is CCOc1cc(C=C2C(=O)NC(=O)NC2=O)ccc1OCCOc1ccc([C@@H](C)CC)cc1. The fraction of sp³-hybridized carbons (Fsp3) is 0.320. The standard InChI is InChI=1S/C25H28N2O6/c1-4-16(3)18-7-9-19(10-8-18)32-12-13-33-21-11-6-17(15-22(21)31-5-2)14-20-23(28)26-25(30)27-24(20)29/h6-11,14-16H,4-5,12-13H2,1-3H3,(H2,26,27,28,29,30)/t16-/m0/s1. The fourth-order valence-electron chi connectivity index (χ4n) is 3.21. The van der Waals surface area contributed by atoms with E-state index in [0.29, 0.717) is 42.8 Å². The molecular weight excluding hydrogens is 424 g/mol. The molecule has 1 heterocycles. The predicted molar refractivity (Wildman–Crippen MR) is 123 cm³/mol. The van der Waals surface area contributed by atoms with Gasteiger partial charge in [0, 0.05) is 0 Å². The number of amides is 4. The van der Waals surface area contributed by atoms with Crippen molar-refractivity contribution in [2.24, 2.45) is 0 Å². The molecule has 1 atom stereocenters. The van der Waals surface area contributed by atoms with Gasteiger partial charge in [-0.05, 0) is 60.7 Å². The van der Waals surface area contributed by atoms with Gasteiger partial charge < -0.3 is 14.2 Å². The second-order valence-electron chi connectivity index (χ2n) is 7.51. The smallest absolute Gasteiger partial charge is 0.328 e. The molecule has 0 spiro atoms. The Morgan fingerprint density at radius 3 is 2.15 bits per heavy atom. The summed E-state index contributed by atoms with van der Waals surface area (Å²) in [7, 11) is 0. The molecule has 2 aromatic carbocycles. The first-order valence-electron chi connectivity index (χ1n) is 10.9. The summed E-state index contributed by atoms with van der Waals surface area (Å²) in [5.74, 6) is 0.773. The van der Waals surface area contributed by atoms with Crippen LogP contribution >= 0.6 is 0 Å². The molecule has 174 valence electrons. The van der Waals surface area contributed by atoms with Crippen molar-refractivity contribution in [2.45, 2.75) is 33.1 Å². The number of benzene rings is 2. The molecule has 0 unspecified atom stereocenters. The first-order chi connectivity index (χ1) is 15.9. The second-order valence-corrected chi connectivity index (χ2v) is 7.51. The summed E-state index contributed by atoms with van der Waals surface area (Å²) in [6.45, 7) is 7.27. The molecule has 8 nitrogen and oxygen atoms in total. The van der Waals surface area contributed by atoms with Crippen LogP contribution in [0, 0.1) is 0 Å². The Kier molecular flexibility index (Phi) is 8.07. The van der Waals surface area contributed by atoms with Gasteiger partial charge in [0.25, 0.3) is 11.8 Å². The number of barbiturate groups is 1. The number of urea groups is 1. The molecule has 0 saturated carbocycles. The molecular formula is C25H28N2O6. The fourth-order valence-corrected chi connectivity index (χ4v) is 3.21. The van der Waals surface area contributed by atoms with E-state index in [4.69, 9.17) is 14.2 Å². The first-order valence-corrected chi connectivity index (χ1v) is 10.9. The molecule has 2 N–H and O–H groups in total. The minimum atomic E-state index is -0.838.